The van der Waals surface area contributed by atoms with Crippen molar-refractivity contribution in [2.45, 2.75) is 51.0 Å². The number of halogens is 2. The number of anilines is 2. The minimum absolute atomic E-state index is 0.0563. The molecule has 1 aliphatic carbocycles. The molecule has 13 heteroatoms. The number of ether oxygens (including phenoxy) is 5. The average molecular weight is 714 g/mol. The second-order valence-electron chi connectivity index (χ2n) is 12.9. The van der Waals surface area contributed by atoms with Crippen molar-refractivity contribution in [2.75, 3.05) is 31.5 Å². The Morgan fingerprint density at radius 1 is 0.941 bits per heavy atom. The molecule has 0 unspecified atom stereocenters. The summed E-state index contributed by atoms with van der Waals surface area (Å²) in [4.78, 5) is 23.8. The van der Waals surface area contributed by atoms with Gasteiger partial charge in [-0.3, -0.25) is 9.36 Å². The molecule has 0 spiro atoms. The molecule has 2 aromatic heterocycles. The van der Waals surface area contributed by atoms with Crippen molar-refractivity contribution in [1.29, 1.82) is 0 Å². The Bertz CT molecular complexity index is 2110. The fourth-order valence-electron chi connectivity index (χ4n) is 6.50. The first-order valence-electron chi connectivity index (χ1n) is 16.3. The molecule has 2 aliphatic rings. The maximum Gasteiger partial charge on any atom is 0.256 e. The van der Waals surface area contributed by atoms with Gasteiger partial charge in [0.25, 0.3) is 5.56 Å². The molecule has 3 heterocycles. The fraction of sp³-hybridized carbons (Fsp3) is 0.289. The van der Waals surface area contributed by atoms with E-state index < -0.39 is 29.9 Å². The van der Waals surface area contributed by atoms with Gasteiger partial charge in [-0.2, -0.15) is 0 Å². The highest BCUT2D eigenvalue weighted by Crippen LogP contribution is 2.43. The molecule has 1 fully saturated rings. The van der Waals surface area contributed by atoms with Crippen LogP contribution in [-0.2, 0) is 22.6 Å². The number of rotatable bonds is 11. The first kappa shape index (κ1) is 34.3. The van der Waals surface area contributed by atoms with Crippen LogP contribution in [0.25, 0.3) is 10.9 Å². The monoisotopic (exact) mass is 713 g/mol. The van der Waals surface area contributed by atoms with Gasteiger partial charge in [-0.15, -0.1) is 0 Å². The molecule has 2 N–H and O–H groups in total. The van der Waals surface area contributed by atoms with Gasteiger partial charge in [-0.1, -0.05) is 41.9 Å². The molecule has 0 bridgehead atoms. The van der Waals surface area contributed by atoms with E-state index in [4.69, 9.17) is 46.0 Å². The number of pyridine rings is 1. The minimum Gasteiger partial charge on any atom is -0.497 e. The molecular weight excluding hydrogens is 677 g/mol. The van der Waals surface area contributed by atoms with Crippen LogP contribution in [0.3, 0.4) is 0 Å². The lowest BCUT2D eigenvalue weighted by molar-refractivity contribution is -0.148. The smallest absolute Gasteiger partial charge is 0.256 e. The SMILES string of the molecule is COc1ccc(CN(Cc2ccc(OC)cc2)c2nc3cc(OCC4=C[C@@H](n5cnc(N)cc5=O)[C@@H]5OC(C)(C)O[C@H]45)cc(F)c3cc2Cl)cc1. The third kappa shape index (κ3) is 7.21. The highest BCUT2D eigenvalue weighted by molar-refractivity contribution is 6.33. The normalized spacial score (nSPS) is 19.1. The maximum atomic E-state index is 15.6. The molecule has 0 saturated carbocycles. The number of fused-ring (bicyclic) bond motifs is 2. The van der Waals surface area contributed by atoms with Crippen molar-refractivity contribution < 1.29 is 28.1 Å². The van der Waals surface area contributed by atoms with E-state index >= 15 is 4.39 Å². The molecule has 1 aliphatic heterocycles. The molecule has 0 radical (unpaired) electrons. The number of nitrogens with two attached hydrogens (primary N) is 1. The Hall–Kier alpha value is -5.17. The van der Waals surface area contributed by atoms with Crippen molar-refractivity contribution in [3.05, 3.63) is 123 Å². The standard InChI is InChI=1S/C38H37ClFN5O6/c1-38(2)50-35-24(13-32(36(35)51-38)45-21-42-33(41)17-34(45)46)20-49-27-14-30(40)28-16-29(39)37(43-31(28)15-27)44(18-22-5-9-25(47-3)10-6-22)19-23-7-11-26(48-4)12-8-23/h5-17,21,32,35-36H,18-20,41H2,1-4H3/t32-,35-,36+/m1/s1. The summed E-state index contributed by atoms with van der Waals surface area (Å²) < 4.78 is 46.4. The van der Waals surface area contributed by atoms with Crippen molar-refractivity contribution in [1.82, 2.24) is 14.5 Å². The van der Waals surface area contributed by atoms with Gasteiger partial charge in [0.15, 0.2) is 5.79 Å². The summed E-state index contributed by atoms with van der Waals surface area (Å²) in [6, 6.07) is 20.9. The quantitative estimate of drug-likeness (QED) is 0.152. The van der Waals surface area contributed by atoms with Crippen LogP contribution in [0.2, 0.25) is 5.02 Å². The number of nitrogen functional groups attached to an aromatic ring is 1. The number of hydrogen-bond acceptors (Lipinski definition) is 10. The number of hydrogen-bond donors (Lipinski definition) is 1. The molecule has 1 saturated heterocycles. The van der Waals surface area contributed by atoms with E-state index in [1.54, 1.807) is 26.4 Å². The van der Waals surface area contributed by atoms with E-state index in [1.165, 1.54) is 23.0 Å². The summed E-state index contributed by atoms with van der Waals surface area (Å²) in [7, 11) is 3.25. The molecule has 5 aromatic rings. The van der Waals surface area contributed by atoms with Crippen LogP contribution < -0.4 is 30.4 Å². The van der Waals surface area contributed by atoms with Crippen LogP contribution in [0.5, 0.6) is 17.2 Å². The first-order valence-corrected chi connectivity index (χ1v) is 16.7. The van der Waals surface area contributed by atoms with Gasteiger partial charge >= 0.3 is 0 Å². The van der Waals surface area contributed by atoms with Gasteiger partial charge in [0.1, 0.15) is 59.8 Å². The lowest BCUT2D eigenvalue weighted by atomic mass is 10.1. The molecule has 0 amide bonds. The van der Waals surface area contributed by atoms with Crippen LogP contribution in [-0.4, -0.2) is 53.4 Å². The fourth-order valence-corrected chi connectivity index (χ4v) is 6.78. The maximum absolute atomic E-state index is 15.6. The molecule has 3 aromatic carbocycles. The molecule has 11 nitrogen and oxygen atoms in total. The summed E-state index contributed by atoms with van der Waals surface area (Å²) in [5.41, 5.74) is 8.53. The van der Waals surface area contributed by atoms with Crippen molar-refractivity contribution in [3.63, 3.8) is 0 Å². The van der Waals surface area contributed by atoms with E-state index in [2.05, 4.69) is 4.98 Å². The number of nitrogens with zero attached hydrogens (tertiary/aromatic N) is 4. The lowest BCUT2D eigenvalue weighted by Crippen LogP contribution is -2.34. The Morgan fingerprint density at radius 2 is 1.59 bits per heavy atom. The van der Waals surface area contributed by atoms with E-state index in [-0.39, 0.29) is 29.1 Å². The molecule has 264 valence electrons. The highest BCUT2D eigenvalue weighted by Gasteiger charge is 2.51. The van der Waals surface area contributed by atoms with E-state index in [0.717, 1.165) is 28.2 Å². The van der Waals surface area contributed by atoms with Crippen LogP contribution in [0.1, 0.15) is 31.0 Å². The van der Waals surface area contributed by atoms with Gasteiger partial charge in [0.05, 0.1) is 30.8 Å². The summed E-state index contributed by atoms with van der Waals surface area (Å²) in [5.74, 6) is 0.950. The molecule has 51 heavy (non-hydrogen) atoms. The van der Waals surface area contributed by atoms with Crippen molar-refractivity contribution in [2.24, 2.45) is 0 Å². The molecular formula is C38H37ClFN5O6. The van der Waals surface area contributed by atoms with Crippen LogP contribution in [0.15, 0.2) is 95.6 Å². The summed E-state index contributed by atoms with van der Waals surface area (Å²) >= 11 is 6.83. The summed E-state index contributed by atoms with van der Waals surface area (Å²) in [5, 5.41) is 0.563. The number of methoxy groups -OCH3 is 2. The zero-order chi connectivity index (χ0) is 35.9. The Balaban J connectivity index is 1.19. The minimum atomic E-state index is -0.893. The number of aromatic nitrogens is 3. The second kappa shape index (κ2) is 13.9. The topological polar surface area (TPSA) is 123 Å². The zero-order valence-corrected chi connectivity index (χ0v) is 29.3. The Labute approximate surface area is 298 Å². The zero-order valence-electron chi connectivity index (χ0n) is 28.5. The highest BCUT2D eigenvalue weighted by atomic mass is 35.5. The van der Waals surface area contributed by atoms with Gasteiger partial charge in [0, 0.05) is 36.7 Å². The first-order chi connectivity index (χ1) is 24.5. The van der Waals surface area contributed by atoms with Crippen molar-refractivity contribution in [3.8, 4) is 17.2 Å². The predicted octanol–water partition coefficient (Wildman–Crippen LogP) is 6.47. The predicted molar refractivity (Wildman–Crippen MR) is 192 cm³/mol. The van der Waals surface area contributed by atoms with Crippen molar-refractivity contribution >= 4 is 34.1 Å². The lowest BCUT2D eigenvalue weighted by Gasteiger charge is -2.26. The van der Waals surface area contributed by atoms with E-state index in [9.17, 15) is 4.79 Å². The van der Waals surface area contributed by atoms with Gasteiger partial charge in [-0.25, -0.2) is 14.4 Å². The second-order valence-corrected chi connectivity index (χ2v) is 13.3. The average Bonchev–Trinajstić information content (AvgIpc) is 3.60. The van der Waals surface area contributed by atoms with E-state index in [1.807, 2.05) is 73.4 Å². The van der Waals surface area contributed by atoms with Crippen LogP contribution >= 0.6 is 11.6 Å². The summed E-state index contributed by atoms with van der Waals surface area (Å²) in [6.45, 7) is 4.61. The Kier molecular flexibility index (Phi) is 9.32. The van der Waals surface area contributed by atoms with Crippen LogP contribution in [0.4, 0.5) is 16.0 Å². The van der Waals surface area contributed by atoms with Gasteiger partial charge < -0.3 is 34.3 Å². The van der Waals surface area contributed by atoms with Crippen LogP contribution in [0, 0.1) is 5.82 Å². The van der Waals surface area contributed by atoms with Gasteiger partial charge in [-0.05, 0) is 60.9 Å². The Morgan fingerprint density at radius 3 is 2.20 bits per heavy atom. The third-order valence-corrected chi connectivity index (χ3v) is 9.23. The summed E-state index contributed by atoms with van der Waals surface area (Å²) in [6.07, 6.45) is 2.28. The number of benzene rings is 3. The molecule has 3 atom stereocenters. The van der Waals surface area contributed by atoms with E-state index in [0.29, 0.717) is 29.4 Å². The molecule has 7 rings (SSSR count). The third-order valence-electron chi connectivity index (χ3n) is 8.96. The largest absolute Gasteiger partial charge is 0.497 e. The van der Waals surface area contributed by atoms with Gasteiger partial charge in [0.2, 0.25) is 0 Å².